The summed E-state index contributed by atoms with van der Waals surface area (Å²) in [7, 11) is 1.77. The normalized spacial score (nSPS) is 17.7. The van der Waals surface area contributed by atoms with Crippen LogP contribution in [0.4, 0.5) is 0 Å². The van der Waals surface area contributed by atoms with Gasteiger partial charge in [-0.25, -0.2) is 4.98 Å². The number of fused-ring (bicyclic) bond motifs is 1. The number of carbonyl (C=O) groups is 1. The van der Waals surface area contributed by atoms with Crippen LogP contribution in [0.2, 0.25) is 0 Å². The quantitative estimate of drug-likeness (QED) is 0.603. The van der Waals surface area contributed by atoms with Crippen molar-refractivity contribution in [2.75, 3.05) is 18.9 Å². The van der Waals surface area contributed by atoms with Crippen molar-refractivity contribution in [1.82, 2.24) is 25.1 Å². The first-order chi connectivity index (χ1) is 11.0. The van der Waals surface area contributed by atoms with Gasteiger partial charge in [0.05, 0.1) is 17.6 Å². The molecule has 1 aliphatic rings. The fraction of sp³-hybridized carbons (Fsp3) is 0.571. The molecule has 1 fully saturated rings. The van der Waals surface area contributed by atoms with Crippen molar-refractivity contribution in [2.45, 2.75) is 31.0 Å². The molecule has 0 spiro atoms. The highest BCUT2D eigenvalue weighted by Crippen LogP contribution is 2.16. The average Bonchev–Trinajstić information content (AvgIpc) is 3.14. The topological polar surface area (TPSA) is 102 Å². The van der Waals surface area contributed by atoms with E-state index in [9.17, 15) is 9.59 Å². The molecule has 0 saturated carbocycles. The molecule has 23 heavy (non-hydrogen) atoms. The van der Waals surface area contributed by atoms with Gasteiger partial charge in [0.2, 0.25) is 5.91 Å². The summed E-state index contributed by atoms with van der Waals surface area (Å²) < 4.78 is 7.08. The lowest BCUT2D eigenvalue weighted by atomic mass is 10.2. The third kappa shape index (κ3) is 3.56. The first-order valence-corrected chi connectivity index (χ1v) is 8.48. The first kappa shape index (κ1) is 16.0. The van der Waals surface area contributed by atoms with Gasteiger partial charge in [-0.15, -0.1) is 0 Å². The number of nitrogens with zero attached hydrogens (tertiary/aromatic N) is 3. The van der Waals surface area contributed by atoms with E-state index in [4.69, 9.17) is 4.74 Å². The Labute approximate surface area is 137 Å². The molecule has 0 unspecified atom stereocenters. The Bertz CT molecular complexity index is 779. The minimum Gasteiger partial charge on any atom is -0.376 e. The lowest BCUT2D eigenvalue weighted by molar-refractivity contribution is -0.119. The van der Waals surface area contributed by atoms with Crippen LogP contribution in [0.25, 0.3) is 11.0 Å². The molecule has 8 nitrogen and oxygen atoms in total. The number of hydrogen-bond donors (Lipinski definition) is 2. The van der Waals surface area contributed by atoms with Gasteiger partial charge in [0.1, 0.15) is 5.52 Å². The number of aromatic amines is 1. The minimum atomic E-state index is -0.291. The van der Waals surface area contributed by atoms with Crippen LogP contribution < -0.4 is 10.9 Å². The van der Waals surface area contributed by atoms with E-state index >= 15 is 0 Å². The third-order valence-electron chi connectivity index (χ3n) is 3.84. The van der Waals surface area contributed by atoms with E-state index in [0.29, 0.717) is 22.7 Å². The molecule has 2 aromatic rings. The summed E-state index contributed by atoms with van der Waals surface area (Å²) in [4.78, 5) is 30.9. The predicted molar refractivity (Wildman–Crippen MR) is 86.6 cm³/mol. The number of H-pyrrole nitrogens is 1. The molecule has 124 valence electrons. The van der Waals surface area contributed by atoms with Crippen LogP contribution >= 0.6 is 11.8 Å². The fourth-order valence-electron chi connectivity index (χ4n) is 2.46. The second-order valence-corrected chi connectivity index (χ2v) is 6.47. The standard InChI is InChI=1S/C14H19N5O3S/c1-8-11-12(18-19(8)2)13(21)17-14(16-11)23-7-10(20)15-6-9-4-3-5-22-9/h9H,3-7H2,1-2H3,(H,15,20)(H,16,17,21)/t9-/m1/s1. The molecule has 3 rings (SSSR count). The molecule has 0 bridgehead atoms. The van der Waals surface area contributed by atoms with Gasteiger partial charge in [-0.3, -0.25) is 19.3 Å². The second-order valence-electron chi connectivity index (χ2n) is 5.51. The number of thioether (sulfide) groups is 1. The van der Waals surface area contributed by atoms with Crippen molar-refractivity contribution in [3.63, 3.8) is 0 Å². The molecule has 1 aliphatic heterocycles. The molecule has 2 N–H and O–H groups in total. The summed E-state index contributed by atoms with van der Waals surface area (Å²) in [5, 5.41) is 7.39. The lowest BCUT2D eigenvalue weighted by Gasteiger charge is -2.10. The van der Waals surface area contributed by atoms with Crippen molar-refractivity contribution in [1.29, 1.82) is 0 Å². The molecule has 1 atom stereocenters. The number of aromatic nitrogens is 4. The van der Waals surface area contributed by atoms with Gasteiger partial charge in [0.15, 0.2) is 10.7 Å². The minimum absolute atomic E-state index is 0.101. The Hall–Kier alpha value is -1.87. The predicted octanol–water partition coefficient (Wildman–Crippen LogP) is 0.352. The lowest BCUT2D eigenvalue weighted by Crippen LogP contribution is -2.33. The number of ether oxygens (including phenoxy) is 1. The SMILES string of the molecule is Cc1c2nc(SCC(=O)NC[C@H]3CCCO3)[nH]c(=O)c2nn1C. The zero-order chi connectivity index (χ0) is 16.4. The Balaban J connectivity index is 1.61. The van der Waals surface area contributed by atoms with E-state index in [-0.39, 0.29) is 23.3 Å². The van der Waals surface area contributed by atoms with Crippen LogP contribution in [-0.4, -0.2) is 50.7 Å². The van der Waals surface area contributed by atoms with E-state index < -0.39 is 0 Å². The number of carbonyl (C=O) groups excluding carboxylic acids is 1. The van der Waals surface area contributed by atoms with Crippen LogP contribution in [-0.2, 0) is 16.6 Å². The molecule has 0 radical (unpaired) electrons. The summed E-state index contributed by atoms with van der Waals surface area (Å²) in [6.07, 6.45) is 2.15. The van der Waals surface area contributed by atoms with Gasteiger partial charge in [-0.05, 0) is 19.8 Å². The summed E-state index contributed by atoms with van der Waals surface area (Å²) in [6, 6.07) is 0. The molecule has 0 aromatic carbocycles. The Morgan fingerprint density at radius 2 is 2.35 bits per heavy atom. The van der Waals surface area contributed by atoms with Crippen LogP contribution in [0.5, 0.6) is 0 Å². The van der Waals surface area contributed by atoms with Gasteiger partial charge in [0.25, 0.3) is 5.56 Å². The molecular formula is C14H19N5O3S. The number of aryl methyl sites for hydroxylation is 2. The monoisotopic (exact) mass is 337 g/mol. The van der Waals surface area contributed by atoms with Crippen molar-refractivity contribution in [3.05, 3.63) is 16.0 Å². The highest BCUT2D eigenvalue weighted by atomic mass is 32.2. The highest BCUT2D eigenvalue weighted by Gasteiger charge is 2.17. The van der Waals surface area contributed by atoms with E-state index in [0.717, 1.165) is 25.1 Å². The number of hydrogen-bond acceptors (Lipinski definition) is 6. The van der Waals surface area contributed by atoms with Crippen molar-refractivity contribution in [3.8, 4) is 0 Å². The number of amides is 1. The van der Waals surface area contributed by atoms with Crippen LogP contribution in [0.1, 0.15) is 18.5 Å². The largest absolute Gasteiger partial charge is 0.376 e. The first-order valence-electron chi connectivity index (χ1n) is 7.49. The maximum absolute atomic E-state index is 12.0. The molecule has 0 aliphatic carbocycles. The van der Waals surface area contributed by atoms with Gasteiger partial charge < -0.3 is 10.1 Å². The molecule has 3 heterocycles. The molecular weight excluding hydrogens is 318 g/mol. The van der Waals surface area contributed by atoms with Crippen molar-refractivity contribution in [2.24, 2.45) is 7.05 Å². The van der Waals surface area contributed by atoms with E-state index in [2.05, 4.69) is 20.4 Å². The summed E-state index contributed by atoms with van der Waals surface area (Å²) in [6.45, 7) is 3.15. The average molecular weight is 337 g/mol. The molecule has 1 amide bonds. The van der Waals surface area contributed by atoms with Gasteiger partial charge in [0, 0.05) is 20.2 Å². The Morgan fingerprint density at radius 3 is 3.09 bits per heavy atom. The van der Waals surface area contributed by atoms with Gasteiger partial charge in [-0.2, -0.15) is 5.10 Å². The van der Waals surface area contributed by atoms with Crippen LogP contribution in [0.3, 0.4) is 0 Å². The summed E-state index contributed by atoms with van der Waals surface area (Å²) in [5.41, 5.74) is 1.41. The molecule has 2 aromatic heterocycles. The Kier molecular flexibility index (Phi) is 4.67. The Morgan fingerprint density at radius 1 is 1.52 bits per heavy atom. The summed E-state index contributed by atoms with van der Waals surface area (Å²) >= 11 is 1.20. The van der Waals surface area contributed by atoms with E-state index in [1.165, 1.54) is 11.8 Å². The number of nitrogens with one attached hydrogen (secondary N) is 2. The van der Waals surface area contributed by atoms with Crippen LogP contribution in [0, 0.1) is 6.92 Å². The molecule has 1 saturated heterocycles. The maximum Gasteiger partial charge on any atom is 0.279 e. The molecule has 9 heteroatoms. The zero-order valence-electron chi connectivity index (χ0n) is 13.1. The fourth-order valence-corrected chi connectivity index (χ4v) is 3.15. The summed E-state index contributed by atoms with van der Waals surface area (Å²) in [5.74, 6) is 0.0941. The van der Waals surface area contributed by atoms with Crippen molar-refractivity contribution < 1.29 is 9.53 Å². The van der Waals surface area contributed by atoms with Crippen molar-refractivity contribution >= 4 is 28.7 Å². The van der Waals surface area contributed by atoms with Gasteiger partial charge in [-0.1, -0.05) is 11.8 Å². The number of rotatable bonds is 5. The second kappa shape index (κ2) is 6.71. The highest BCUT2D eigenvalue weighted by molar-refractivity contribution is 7.99. The third-order valence-corrected chi connectivity index (χ3v) is 4.72. The van der Waals surface area contributed by atoms with Gasteiger partial charge >= 0.3 is 0 Å². The van der Waals surface area contributed by atoms with E-state index in [1.807, 2.05) is 6.92 Å². The van der Waals surface area contributed by atoms with E-state index in [1.54, 1.807) is 11.7 Å². The van der Waals surface area contributed by atoms with Crippen LogP contribution in [0.15, 0.2) is 9.95 Å². The zero-order valence-corrected chi connectivity index (χ0v) is 13.9. The smallest absolute Gasteiger partial charge is 0.279 e. The maximum atomic E-state index is 12.0.